The number of hydrogen-bond donors (Lipinski definition) is 0. The van der Waals surface area contributed by atoms with E-state index >= 15 is 0 Å². The van der Waals surface area contributed by atoms with Gasteiger partial charge in [-0.3, -0.25) is 0 Å². The van der Waals surface area contributed by atoms with E-state index in [0.717, 1.165) is 33.6 Å². The van der Waals surface area contributed by atoms with Crippen molar-refractivity contribution in [3.05, 3.63) is 63.1 Å². The molecule has 2 aromatic carbocycles. The van der Waals surface area contributed by atoms with Crippen molar-refractivity contribution in [2.24, 2.45) is 5.92 Å². The molecular formula is C17H17BrCl2O. The van der Waals surface area contributed by atoms with Gasteiger partial charge in [-0.15, -0.1) is 11.6 Å². The molecule has 0 bridgehead atoms. The molecule has 1 nitrogen and oxygen atoms in total. The van der Waals surface area contributed by atoms with Gasteiger partial charge in [-0.05, 0) is 54.2 Å². The van der Waals surface area contributed by atoms with Crippen molar-refractivity contribution in [3.63, 3.8) is 0 Å². The Labute approximate surface area is 144 Å². The molecule has 1 unspecified atom stereocenters. The standard InChI is InChI=1S/C17H17BrCl2O/c1-21-17-7-6-15(20)10-14(17)9-12(11-19)8-13-4-2-3-5-16(13)18/h2-7,10,12H,8-9,11H2,1H3. The second-order valence-electron chi connectivity index (χ2n) is 4.98. The first-order valence-electron chi connectivity index (χ1n) is 6.75. The average Bonchev–Trinajstić information content (AvgIpc) is 2.49. The predicted molar refractivity (Wildman–Crippen MR) is 93.8 cm³/mol. The van der Waals surface area contributed by atoms with Gasteiger partial charge in [0.1, 0.15) is 5.75 Å². The molecule has 2 rings (SSSR count). The number of ether oxygens (including phenoxy) is 1. The van der Waals surface area contributed by atoms with Gasteiger partial charge in [-0.25, -0.2) is 0 Å². The van der Waals surface area contributed by atoms with Crippen LogP contribution in [0.3, 0.4) is 0 Å². The van der Waals surface area contributed by atoms with E-state index in [9.17, 15) is 0 Å². The summed E-state index contributed by atoms with van der Waals surface area (Å²) >= 11 is 15.8. The van der Waals surface area contributed by atoms with E-state index in [1.165, 1.54) is 5.56 Å². The summed E-state index contributed by atoms with van der Waals surface area (Å²) in [5.74, 6) is 1.79. The zero-order valence-electron chi connectivity index (χ0n) is 11.8. The fourth-order valence-electron chi connectivity index (χ4n) is 2.37. The smallest absolute Gasteiger partial charge is 0.122 e. The molecule has 0 aromatic heterocycles. The lowest BCUT2D eigenvalue weighted by Crippen LogP contribution is -2.11. The van der Waals surface area contributed by atoms with Crippen LogP contribution in [0.1, 0.15) is 11.1 Å². The van der Waals surface area contributed by atoms with E-state index in [4.69, 9.17) is 27.9 Å². The molecule has 0 aliphatic heterocycles. The van der Waals surface area contributed by atoms with Gasteiger partial charge in [-0.2, -0.15) is 0 Å². The molecule has 0 heterocycles. The van der Waals surface area contributed by atoms with Gasteiger partial charge in [0.05, 0.1) is 7.11 Å². The van der Waals surface area contributed by atoms with Crippen LogP contribution in [-0.2, 0) is 12.8 Å². The maximum atomic E-state index is 6.17. The van der Waals surface area contributed by atoms with Crippen molar-refractivity contribution in [1.29, 1.82) is 0 Å². The molecule has 4 heteroatoms. The van der Waals surface area contributed by atoms with E-state index in [-0.39, 0.29) is 0 Å². The summed E-state index contributed by atoms with van der Waals surface area (Å²) in [6, 6.07) is 13.9. The Bertz CT molecular complexity index is 601. The zero-order chi connectivity index (χ0) is 15.2. The van der Waals surface area contributed by atoms with Crippen LogP contribution >= 0.6 is 39.1 Å². The van der Waals surface area contributed by atoms with Crippen LogP contribution in [0.5, 0.6) is 5.75 Å². The number of methoxy groups -OCH3 is 1. The molecule has 0 saturated heterocycles. The van der Waals surface area contributed by atoms with Gasteiger partial charge in [0.2, 0.25) is 0 Å². The Morgan fingerprint density at radius 1 is 1.10 bits per heavy atom. The third-order valence-electron chi connectivity index (χ3n) is 3.44. The summed E-state index contributed by atoms with van der Waals surface area (Å²) in [5, 5.41) is 0.722. The highest BCUT2D eigenvalue weighted by Gasteiger charge is 2.14. The number of rotatable bonds is 6. The van der Waals surface area contributed by atoms with Gasteiger partial charge in [0, 0.05) is 15.4 Å². The Morgan fingerprint density at radius 3 is 2.48 bits per heavy atom. The van der Waals surface area contributed by atoms with Crippen LogP contribution in [0.2, 0.25) is 5.02 Å². The Morgan fingerprint density at radius 2 is 1.81 bits per heavy atom. The van der Waals surface area contributed by atoms with Crippen molar-refractivity contribution in [2.75, 3.05) is 13.0 Å². The first kappa shape index (κ1) is 16.7. The SMILES string of the molecule is COc1ccc(Cl)cc1CC(CCl)Cc1ccccc1Br. The minimum Gasteiger partial charge on any atom is -0.496 e. The van der Waals surface area contributed by atoms with E-state index < -0.39 is 0 Å². The highest BCUT2D eigenvalue weighted by molar-refractivity contribution is 9.10. The molecule has 0 amide bonds. The van der Waals surface area contributed by atoms with Crippen LogP contribution in [-0.4, -0.2) is 13.0 Å². The van der Waals surface area contributed by atoms with E-state index in [2.05, 4.69) is 28.1 Å². The quantitative estimate of drug-likeness (QED) is 0.573. The van der Waals surface area contributed by atoms with Crippen LogP contribution in [0.15, 0.2) is 46.9 Å². The number of halogens is 3. The monoisotopic (exact) mass is 386 g/mol. The fraction of sp³-hybridized carbons (Fsp3) is 0.294. The molecule has 112 valence electrons. The highest BCUT2D eigenvalue weighted by atomic mass is 79.9. The summed E-state index contributed by atoms with van der Waals surface area (Å²) in [4.78, 5) is 0. The summed E-state index contributed by atoms with van der Waals surface area (Å²) in [6.45, 7) is 0. The van der Waals surface area contributed by atoms with E-state index in [1.807, 2.05) is 30.3 Å². The van der Waals surface area contributed by atoms with Crippen LogP contribution in [0, 0.1) is 5.92 Å². The summed E-state index contributed by atoms with van der Waals surface area (Å²) < 4.78 is 6.53. The predicted octanol–water partition coefficient (Wildman–Crippen LogP) is 5.75. The lowest BCUT2D eigenvalue weighted by Gasteiger charge is -2.17. The molecular weight excluding hydrogens is 371 g/mol. The van der Waals surface area contributed by atoms with Crippen molar-refractivity contribution in [2.45, 2.75) is 12.8 Å². The third-order valence-corrected chi connectivity index (χ3v) is 4.88. The van der Waals surface area contributed by atoms with Crippen molar-refractivity contribution in [1.82, 2.24) is 0 Å². The average molecular weight is 388 g/mol. The molecule has 0 N–H and O–H groups in total. The van der Waals surface area contributed by atoms with Gasteiger partial charge >= 0.3 is 0 Å². The second-order valence-corrected chi connectivity index (χ2v) is 6.58. The zero-order valence-corrected chi connectivity index (χ0v) is 14.9. The van der Waals surface area contributed by atoms with Crippen molar-refractivity contribution >= 4 is 39.1 Å². The van der Waals surface area contributed by atoms with Crippen molar-refractivity contribution < 1.29 is 4.74 Å². The Balaban J connectivity index is 2.16. The molecule has 0 radical (unpaired) electrons. The third kappa shape index (κ3) is 4.64. The first-order valence-corrected chi connectivity index (χ1v) is 8.46. The number of hydrogen-bond acceptors (Lipinski definition) is 1. The summed E-state index contributed by atoms with van der Waals surface area (Å²) in [7, 11) is 1.68. The number of benzene rings is 2. The topological polar surface area (TPSA) is 9.23 Å². The minimum absolute atomic E-state index is 0.331. The molecule has 0 fully saturated rings. The minimum atomic E-state index is 0.331. The van der Waals surface area contributed by atoms with E-state index in [1.54, 1.807) is 7.11 Å². The summed E-state index contributed by atoms with van der Waals surface area (Å²) in [5.41, 5.74) is 2.37. The molecule has 0 aliphatic carbocycles. The molecule has 0 spiro atoms. The lowest BCUT2D eigenvalue weighted by atomic mass is 9.93. The lowest BCUT2D eigenvalue weighted by molar-refractivity contribution is 0.405. The normalized spacial score (nSPS) is 12.2. The number of alkyl halides is 1. The molecule has 0 aliphatic rings. The molecule has 0 saturated carbocycles. The fourth-order valence-corrected chi connectivity index (χ4v) is 3.23. The van der Waals surface area contributed by atoms with Gasteiger partial charge in [-0.1, -0.05) is 45.7 Å². The highest BCUT2D eigenvalue weighted by Crippen LogP contribution is 2.28. The van der Waals surface area contributed by atoms with Gasteiger partial charge < -0.3 is 4.74 Å². The largest absolute Gasteiger partial charge is 0.496 e. The molecule has 21 heavy (non-hydrogen) atoms. The maximum absolute atomic E-state index is 6.17. The van der Waals surface area contributed by atoms with E-state index in [0.29, 0.717) is 11.8 Å². The molecule has 1 atom stereocenters. The van der Waals surface area contributed by atoms with Crippen LogP contribution < -0.4 is 4.74 Å². The maximum Gasteiger partial charge on any atom is 0.122 e. The van der Waals surface area contributed by atoms with Gasteiger partial charge in [0.25, 0.3) is 0 Å². The van der Waals surface area contributed by atoms with Crippen LogP contribution in [0.4, 0.5) is 0 Å². The first-order chi connectivity index (χ1) is 10.1. The van der Waals surface area contributed by atoms with Gasteiger partial charge in [0.15, 0.2) is 0 Å². The second kappa shape index (κ2) is 8.07. The Hall–Kier alpha value is -0.700. The Kier molecular flexibility index (Phi) is 6.40. The molecule has 2 aromatic rings. The van der Waals surface area contributed by atoms with Crippen LogP contribution in [0.25, 0.3) is 0 Å². The summed E-state index contributed by atoms with van der Waals surface area (Å²) in [6.07, 6.45) is 1.76. The van der Waals surface area contributed by atoms with Crippen molar-refractivity contribution in [3.8, 4) is 5.75 Å².